The molecule has 3 aromatic heterocycles. The van der Waals surface area contributed by atoms with Crippen molar-refractivity contribution >= 4 is 38.9 Å². The van der Waals surface area contributed by atoms with Crippen LogP contribution in [0.25, 0.3) is 21.6 Å². The smallest absolute Gasteiger partial charge is 0.162 e. The van der Waals surface area contributed by atoms with Gasteiger partial charge in [-0.15, -0.1) is 11.3 Å². The quantitative estimate of drug-likeness (QED) is 0.474. The SMILES string of the molecule is c1ccc(Nc2cc(-c3nc(NC4CCNC4)c4sccc4n3)ccn2)cc1. The molecule has 0 spiro atoms. The van der Waals surface area contributed by atoms with Crippen LogP contribution in [0.3, 0.4) is 0 Å². The van der Waals surface area contributed by atoms with Crippen LogP contribution < -0.4 is 16.0 Å². The van der Waals surface area contributed by atoms with E-state index < -0.39 is 0 Å². The number of thiophene rings is 1. The molecule has 7 heteroatoms. The van der Waals surface area contributed by atoms with Crippen molar-refractivity contribution in [1.82, 2.24) is 20.3 Å². The first-order valence-electron chi connectivity index (χ1n) is 9.36. The summed E-state index contributed by atoms with van der Waals surface area (Å²) < 4.78 is 1.10. The van der Waals surface area contributed by atoms with E-state index >= 15 is 0 Å². The molecule has 0 saturated carbocycles. The highest BCUT2D eigenvalue weighted by molar-refractivity contribution is 7.17. The topological polar surface area (TPSA) is 74.8 Å². The molecule has 1 fully saturated rings. The third-order valence-electron chi connectivity index (χ3n) is 4.77. The van der Waals surface area contributed by atoms with Crippen molar-refractivity contribution in [3.8, 4) is 11.4 Å². The van der Waals surface area contributed by atoms with Gasteiger partial charge in [-0.05, 0) is 48.7 Å². The molecule has 0 amide bonds. The van der Waals surface area contributed by atoms with Gasteiger partial charge >= 0.3 is 0 Å². The summed E-state index contributed by atoms with van der Waals surface area (Å²) in [5.41, 5.74) is 2.91. The molecular weight excluding hydrogens is 368 g/mol. The summed E-state index contributed by atoms with van der Waals surface area (Å²) in [4.78, 5) is 14.1. The molecule has 1 aromatic carbocycles. The van der Waals surface area contributed by atoms with Crippen LogP contribution in [-0.2, 0) is 0 Å². The summed E-state index contributed by atoms with van der Waals surface area (Å²) in [6, 6.07) is 16.4. The molecule has 1 aliphatic rings. The van der Waals surface area contributed by atoms with Crippen molar-refractivity contribution in [2.24, 2.45) is 0 Å². The molecule has 1 unspecified atom stereocenters. The number of rotatable bonds is 5. The summed E-state index contributed by atoms with van der Waals surface area (Å²) in [6.45, 7) is 2.01. The first-order valence-corrected chi connectivity index (χ1v) is 10.2. The van der Waals surface area contributed by atoms with Crippen LogP contribution in [0.4, 0.5) is 17.3 Å². The van der Waals surface area contributed by atoms with Gasteiger partial charge in [-0.25, -0.2) is 15.0 Å². The molecule has 1 aliphatic heterocycles. The van der Waals surface area contributed by atoms with Crippen LogP contribution in [0.1, 0.15) is 6.42 Å². The predicted octanol–water partition coefficient (Wildman–Crippen LogP) is 4.27. The minimum absolute atomic E-state index is 0.404. The largest absolute Gasteiger partial charge is 0.365 e. The molecule has 28 heavy (non-hydrogen) atoms. The first-order chi connectivity index (χ1) is 13.8. The number of nitrogens with zero attached hydrogens (tertiary/aromatic N) is 3. The average Bonchev–Trinajstić information content (AvgIpc) is 3.41. The van der Waals surface area contributed by atoms with E-state index in [1.807, 2.05) is 48.5 Å². The number of fused-ring (bicyclic) bond motifs is 1. The molecule has 0 aliphatic carbocycles. The fourth-order valence-electron chi connectivity index (χ4n) is 3.37. The fraction of sp³-hybridized carbons (Fsp3) is 0.190. The van der Waals surface area contributed by atoms with E-state index in [2.05, 4.69) is 26.3 Å². The summed E-state index contributed by atoms with van der Waals surface area (Å²) in [5, 5.41) is 12.4. The molecule has 0 bridgehead atoms. The van der Waals surface area contributed by atoms with Gasteiger partial charge in [0.2, 0.25) is 0 Å². The Kier molecular flexibility index (Phi) is 4.60. The molecule has 4 heterocycles. The van der Waals surface area contributed by atoms with Crippen LogP contribution in [0.2, 0.25) is 0 Å². The zero-order valence-electron chi connectivity index (χ0n) is 15.2. The molecule has 0 radical (unpaired) electrons. The highest BCUT2D eigenvalue weighted by Gasteiger charge is 2.18. The number of aromatic nitrogens is 3. The Labute approximate surface area is 167 Å². The van der Waals surface area contributed by atoms with Crippen LogP contribution in [0.15, 0.2) is 60.1 Å². The molecule has 1 atom stereocenters. The average molecular weight is 388 g/mol. The maximum absolute atomic E-state index is 4.86. The maximum atomic E-state index is 4.86. The first kappa shape index (κ1) is 17.1. The van der Waals surface area contributed by atoms with E-state index in [4.69, 9.17) is 9.97 Å². The Bertz CT molecular complexity index is 1090. The number of hydrogen-bond donors (Lipinski definition) is 3. The molecule has 1 saturated heterocycles. The van der Waals surface area contributed by atoms with Crippen LogP contribution >= 0.6 is 11.3 Å². The second-order valence-corrected chi connectivity index (χ2v) is 7.70. The Morgan fingerprint density at radius 3 is 2.86 bits per heavy atom. The minimum Gasteiger partial charge on any atom is -0.365 e. The summed E-state index contributed by atoms with van der Waals surface area (Å²) in [7, 11) is 0. The normalized spacial score (nSPS) is 16.4. The lowest BCUT2D eigenvalue weighted by Gasteiger charge is -2.14. The Balaban J connectivity index is 1.49. The van der Waals surface area contributed by atoms with Crippen LogP contribution in [0, 0.1) is 0 Å². The zero-order valence-corrected chi connectivity index (χ0v) is 16.0. The maximum Gasteiger partial charge on any atom is 0.162 e. The van der Waals surface area contributed by atoms with Gasteiger partial charge < -0.3 is 16.0 Å². The summed E-state index contributed by atoms with van der Waals surface area (Å²) in [5.74, 6) is 2.39. The number of pyridine rings is 1. The third-order valence-corrected chi connectivity index (χ3v) is 5.68. The lowest BCUT2D eigenvalue weighted by atomic mass is 10.2. The lowest BCUT2D eigenvalue weighted by Crippen LogP contribution is -2.22. The minimum atomic E-state index is 0.404. The molecule has 4 aromatic rings. The molecule has 140 valence electrons. The highest BCUT2D eigenvalue weighted by Crippen LogP contribution is 2.30. The summed E-state index contributed by atoms with van der Waals surface area (Å²) in [6.07, 6.45) is 2.89. The van der Waals surface area contributed by atoms with Crippen molar-refractivity contribution in [3.63, 3.8) is 0 Å². The second kappa shape index (κ2) is 7.53. The number of anilines is 3. The van der Waals surface area contributed by atoms with Gasteiger partial charge in [-0.1, -0.05) is 18.2 Å². The fourth-order valence-corrected chi connectivity index (χ4v) is 4.15. The van der Waals surface area contributed by atoms with Gasteiger partial charge in [-0.3, -0.25) is 0 Å². The zero-order chi connectivity index (χ0) is 18.8. The number of benzene rings is 1. The van der Waals surface area contributed by atoms with E-state index in [0.29, 0.717) is 11.9 Å². The molecule has 5 rings (SSSR count). The number of hydrogen-bond acceptors (Lipinski definition) is 7. The standard InChI is InChI=1S/C21H20N6S/c1-2-4-15(5-3-1)24-18-12-14(6-10-23-18)20-26-17-8-11-28-19(17)21(27-20)25-16-7-9-22-13-16/h1-6,8,10-12,16,22H,7,9,13H2,(H,23,24)(H,25,26,27). The van der Waals surface area contributed by atoms with Crippen LogP contribution in [0.5, 0.6) is 0 Å². The van der Waals surface area contributed by atoms with Crippen molar-refractivity contribution in [2.45, 2.75) is 12.5 Å². The van der Waals surface area contributed by atoms with Crippen molar-refractivity contribution in [2.75, 3.05) is 23.7 Å². The highest BCUT2D eigenvalue weighted by atomic mass is 32.1. The Hall–Kier alpha value is -3.03. The van der Waals surface area contributed by atoms with Gasteiger partial charge in [0.25, 0.3) is 0 Å². The van der Waals surface area contributed by atoms with Crippen molar-refractivity contribution in [1.29, 1.82) is 0 Å². The van der Waals surface area contributed by atoms with Crippen molar-refractivity contribution in [3.05, 3.63) is 60.1 Å². The Morgan fingerprint density at radius 1 is 1.07 bits per heavy atom. The van der Waals surface area contributed by atoms with Gasteiger partial charge in [0.05, 0.1) is 10.2 Å². The van der Waals surface area contributed by atoms with E-state index in [9.17, 15) is 0 Å². The predicted molar refractivity (Wildman–Crippen MR) is 115 cm³/mol. The van der Waals surface area contributed by atoms with Gasteiger partial charge in [0, 0.05) is 30.0 Å². The van der Waals surface area contributed by atoms with E-state index in [-0.39, 0.29) is 0 Å². The van der Waals surface area contributed by atoms with E-state index in [0.717, 1.165) is 52.6 Å². The van der Waals surface area contributed by atoms with Crippen LogP contribution in [-0.4, -0.2) is 34.1 Å². The van der Waals surface area contributed by atoms with Gasteiger partial charge in [-0.2, -0.15) is 0 Å². The second-order valence-electron chi connectivity index (χ2n) is 6.79. The molecule has 6 nitrogen and oxygen atoms in total. The monoisotopic (exact) mass is 388 g/mol. The number of nitrogens with one attached hydrogen (secondary N) is 3. The third kappa shape index (κ3) is 3.54. The molecular formula is C21H20N6S. The Morgan fingerprint density at radius 2 is 2.00 bits per heavy atom. The number of para-hydroxylation sites is 1. The van der Waals surface area contributed by atoms with Gasteiger partial charge in [0.15, 0.2) is 5.82 Å². The summed E-state index contributed by atoms with van der Waals surface area (Å²) >= 11 is 1.67. The molecule has 3 N–H and O–H groups in total. The van der Waals surface area contributed by atoms with Gasteiger partial charge in [0.1, 0.15) is 11.6 Å². The lowest BCUT2D eigenvalue weighted by molar-refractivity contribution is 0.789. The van der Waals surface area contributed by atoms with E-state index in [1.54, 1.807) is 17.5 Å². The van der Waals surface area contributed by atoms with E-state index in [1.165, 1.54) is 0 Å². The van der Waals surface area contributed by atoms with Crippen molar-refractivity contribution < 1.29 is 0 Å².